The fourth-order valence-corrected chi connectivity index (χ4v) is 4.47. The van der Waals surface area contributed by atoms with Gasteiger partial charge in [-0.25, -0.2) is 0 Å². The van der Waals surface area contributed by atoms with E-state index < -0.39 is 11.9 Å². The van der Waals surface area contributed by atoms with Gasteiger partial charge in [0.05, 0.1) is 16.7 Å². The van der Waals surface area contributed by atoms with Gasteiger partial charge in [0, 0.05) is 24.5 Å². The molecule has 2 saturated heterocycles. The summed E-state index contributed by atoms with van der Waals surface area (Å²) < 4.78 is 39.8. The number of alkyl halides is 3. The van der Waals surface area contributed by atoms with Gasteiger partial charge in [0.25, 0.3) is 0 Å². The number of hydrogen-bond donors (Lipinski definition) is 1. The second-order valence-corrected chi connectivity index (χ2v) is 7.80. The summed E-state index contributed by atoms with van der Waals surface area (Å²) in [5.41, 5.74) is -0.574. The van der Waals surface area contributed by atoms with Gasteiger partial charge >= 0.3 is 6.18 Å². The van der Waals surface area contributed by atoms with Crippen molar-refractivity contribution in [3.8, 4) is 0 Å². The standard InChI is InChI=1S/C16H22BrF3N4O/c1-9-14(17)15(16(18,19)20)22-24(9)6-5-13(25)21-10-7-11-3-4-12(8-10)23(11)2/h10-12H,3-8H2,1-2H3,(H,21,25). The Bertz CT molecular complexity index is 647. The molecule has 3 rings (SSSR count). The summed E-state index contributed by atoms with van der Waals surface area (Å²) in [6, 6.07) is 1.22. The maximum absolute atomic E-state index is 12.9. The third kappa shape index (κ3) is 3.86. The first-order valence-corrected chi connectivity index (χ1v) is 9.27. The number of aromatic nitrogens is 2. The Balaban J connectivity index is 1.55. The average Bonchev–Trinajstić information content (AvgIpc) is 2.91. The van der Waals surface area contributed by atoms with Gasteiger partial charge in [-0.15, -0.1) is 0 Å². The number of rotatable bonds is 4. The number of hydrogen-bond acceptors (Lipinski definition) is 3. The normalized spacial score (nSPS) is 26.9. The van der Waals surface area contributed by atoms with Crippen LogP contribution in [-0.2, 0) is 17.5 Å². The first-order valence-electron chi connectivity index (χ1n) is 8.48. The summed E-state index contributed by atoms with van der Waals surface area (Å²) in [5, 5.41) is 6.64. The largest absolute Gasteiger partial charge is 0.436 e. The van der Waals surface area contributed by atoms with Gasteiger partial charge in [0.15, 0.2) is 5.69 Å². The van der Waals surface area contributed by atoms with Crippen LogP contribution in [0.25, 0.3) is 0 Å². The van der Waals surface area contributed by atoms with Crippen molar-refractivity contribution in [2.24, 2.45) is 0 Å². The Hall–Kier alpha value is -1.09. The number of piperidine rings is 1. The first kappa shape index (κ1) is 18.7. The average molecular weight is 423 g/mol. The molecule has 2 aliphatic rings. The third-order valence-electron chi connectivity index (χ3n) is 5.42. The van der Waals surface area contributed by atoms with Crippen molar-refractivity contribution in [1.29, 1.82) is 0 Å². The fourth-order valence-electron chi connectivity index (χ4n) is 3.96. The van der Waals surface area contributed by atoms with E-state index in [4.69, 9.17) is 0 Å². The smallest absolute Gasteiger partial charge is 0.353 e. The van der Waals surface area contributed by atoms with Crippen molar-refractivity contribution >= 4 is 21.8 Å². The van der Waals surface area contributed by atoms with Crippen LogP contribution < -0.4 is 5.32 Å². The molecule has 25 heavy (non-hydrogen) atoms. The summed E-state index contributed by atoms with van der Waals surface area (Å²) in [7, 11) is 2.14. The zero-order valence-corrected chi connectivity index (χ0v) is 15.8. The quantitative estimate of drug-likeness (QED) is 0.810. The van der Waals surface area contributed by atoms with E-state index in [1.807, 2.05) is 0 Å². The third-order valence-corrected chi connectivity index (χ3v) is 6.37. The van der Waals surface area contributed by atoms with Gasteiger partial charge < -0.3 is 10.2 Å². The molecule has 3 heterocycles. The highest BCUT2D eigenvalue weighted by molar-refractivity contribution is 9.10. The lowest BCUT2D eigenvalue weighted by Gasteiger charge is -2.36. The molecule has 0 spiro atoms. The van der Waals surface area contributed by atoms with Crippen LogP contribution in [0.2, 0.25) is 0 Å². The van der Waals surface area contributed by atoms with E-state index in [1.54, 1.807) is 6.92 Å². The van der Waals surface area contributed by atoms with Crippen LogP contribution >= 0.6 is 15.9 Å². The van der Waals surface area contributed by atoms with Crippen molar-refractivity contribution in [2.45, 2.75) is 69.9 Å². The predicted molar refractivity (Wildman–Crippen MR) is 90.0 cm³/mol. The molecule has 2 aliphatic heterocycles. The topological polar surface area (TPSA) is 50.2 Å². The van der Waals surface area contributed by atoms with Crippen molar-refractivity contribution in [3.05, 3.63) is 15.9 Å². The molecule has 0 saturated carbocycles. The number of halogens is 4. The minimum atomic E-state index is -4.51. The van der Waals surface area contributed by atoms with Crippen LogP contribution in [0.4, 0.5) is 13.2 Å². The highest BCUT2D eigenvalue weighted by Crippen LogP contribution is 2.36. The van der Waals surface area contributed by atoms with Gasteiger partial charge in [0.2, 0.25) is 5.91 Å². The van der Waals surface area contributed by atoms with Crippen molar-refractivity contribution in [2.75, 3.05) is 7.05 Å². The van der Waals surface area contributed by atoms with Crippen LogP contribution in [0.3, 0.4) is 0 Å². The summed E-state index contributed by atoms with van der Waals surface area (Å²) in [6.45, 7) is 1.69. The molecule has 2 atom stereocenters. The molecular weight excluding hydrogens is 401 g/mol. The Kier molecular flexibility index (Phi) is 5.16. The van der Waals surface area contributed by atoms with E-state index in [9.17, 15) is 18.0 Å². The molecule has 140 valence electrons. The lowest BCUT2D eigenvalue weighted by molar-refractivity contribution is -0.142. The number of nitrogens with one attached hydrogen (secondary N) is 1. The minimum absolute atomic E-state index is 0.0627. The molecule has 2 bridgehead atoms. The Labute approximate surface area is 153 Å². The molecule has 2 unspecified atom stereocenters. The minimum Gasteiger partial charge on any atom is -0.353 e. The molecule has 1 N–H and O–H groups in total. The summed E-state index contributed by atoms with van der Waals surface area (Å²) >= 11 is 2.94. The van der Waals surface area contributed by atoms with Gasteiger partial charge in [-0.2, -0.15) is 18.3 Å². The molecule has 1 amide bonds. The molecule has 0 aliphatic carbocycles. The van der Waals surface area contributed by atoms with E-state index in [2.05, 4.69) is 38.3 Å². The lowest BCUT2D eigenvalue weighted by atomic mass is 9.98. The lowest BCUT2D eigenvalue weighted by Crippen LogP contribution is -2.48. The SMILES string of the molecule is Cc1c(Br)c(C(F)(F)F)nn1CCC(=O)NC1CC2CCC(C1)N2C. The monoisotopic (exact) mass is 422 g/mol. The Morgan fingerprint density at radius 1 is 1.32 bits per heavy atom. The number of amides is 1. The Morgan fingerprint density at radius 3 is 2.44 bits per heavy atom. The van der Waals surface area contributed by atoms with Gasteiger partial charge in [-0.1, -0.05) is 0 Å². The van der Waals surface area contributed by atoms with Crippen LogP contribution in [0.15, 0.2) is 4.47 Å². The number of nitrogens with zero attached hydrogens (tertiary/aromatic N) is 3. The number of carbonyl (C=O) groups excluding carboxylic acids is 1. The van der Waals surface area contributed by atoms with Crippen molar-refractivity contribution < 1.29 is 18.0 Å². The number of fused-ring (bicyclic) bond motifs is 2. The van der Waals surface area contributed by atoms with Crippen molar-refractivity contribution in [3.63, 3.8) is 0 Å². The van der Waals surface area contributed by atoms with Gasteiger partial charge in [0.1, 0.15) is 0 Å². The molecule has 9 heteroatoms. The zero-order chi connectivity index (χ0) is 18.4. The van der Waals surface area contributed by atoms with Crippen LogP contribution in [-0.4, -0.2) is 45.8 Å². The molecule has 0 aromatic carbocycles. The molecule has 2 fully saturated rings. The van der Waals surface area contributed by atoms with Crippen LogP contribution in [0.1, 0.15) is 43.5 Å². The van der Waals surface area contributed by atoms with E-state index >= 15 is 0 Å². The second-order valence-electron chi connectivity index (χ2n) is 7.01. The molecule has 5 nitrogen and oxygen atoms in total. The van der Waals surface area contributed by atoms with Gasteiger partial charge in [-0.05, 0) is 55.6 Å². The highest BCUT2D eigenvalue weighted by atomic mass is 79.9. The van der Waals surface area contributed by atoms with Crippen LogP contribution in [0.5, 0.6) is 0 Å². The van der Waals surface area contributed by atoms with E-state index in [0.29, 0.717) is 17.8 Å². The number of aryl methyl sites for hydroxylation is 1. The van der Waals surface area contributed by atoms with E-state index in [1.165, 1.54) is 17.5 Å². The summed E-state index contributed by atoms with van der Waals surface area (Å²) in [4.78, 5) is 14.6. The maximum Gasteiger partial charge on any atom is 0.436 e. The summed E-state index contributed by atoms with van der Waals surface area (Å²) in [5.74, 6) is -0.131. The Morgan fingerprint density at radius 2 is 1.92 bits per heavy atom. The van der Waals surface area contributed by atoms with Crippen molar-refractivity contribution in [1.82, 2.24) is 20.0 Å². The number of carbonyl (C=O) groups is 1. The fraction of sp³-hybridized carbons (Fsp3) is 0.750. The second kappa shape index (κ2) is 6.90. The summed E-state index contributed by atoms with van der Waals surface area (Å²) in [6.07, 6.45) is -0.145. The highest BCUT2D eigenvalue weighted by Gasteiger charge is 2.39. The van der Waals surface area contributed by atoms with Gasteiger partial charge in [-0.3, -0.25) is 9.48 Å². The molecule has 1 aromatic heterocycles. The molecule has 1 aromatic rings. The predicted octanol–water partition coefficient (Wildman–Crippen LogP) is 3.10. The molecular formula is C16H22BrF3N4O. The molecule has 0 radical (unpaired) electrons. The first-order chi connectivity index (χ1) is 11.7. The van der Waals surface area contributed by atoms with E-state index in [0.717, 1.165) is 12.8 Å². The van der Waals surface area contributed by atoms with E-state index in [-0.39, 0.29) is 29.4 Å². The van der Waals surface area contributed by atoms with Crippen LogP contribution in [0, 0.1) is 6.92 Å². The zero-order valence-electron chi connectivity index (χ0n) is 14.2. The maximum atomic E-state index is 12.9.